The Labute approximate surface area is 117 Å². The highest BCUT2D eigenvalue weighted by Crippen LogP contribution is 2.24. The minimum atomic E-state index is -0.406. The maximum Gasteiger partial charge on any atom is 0.248 e. The summed E-state index contributed by atoms with van der Waals surface area (Å²) in [5.74, 6) is 1.31. The third kappa shape index (κ3) is 3.99. The quantitative estimate of drug-likeness (QED) is 0.889. The van der Waals surface area contributed by atoms with Crippen molar-refractivity contribution in [2.24, 2.45) is 16.6 Å². The van der Waals surface area contributed by atoms with E-state index in [0.717, 1.165) is 23.0 Å². The van der Waals surface area contributed by atoms with Gasteiger partial charge in [-0.2, -0.15) is 0 Å². The van der Waals surface area contributed by atoms with Crippen LogP contribution in [0.1, 0.15) is 30.6 Å². The van der Waals surface area contributed by atoms with Crippen LogP contribution in [0.5, 0.6) is 0 Å². The number of hydrogen-bond acceptors (Lipinski definition) is 4. The van der Waals surface area contributed by atoms with E-state index in [4.69, 9.17) is 5.73 Å². The van der Waals surface area contributed by atoms with Crippen molar-refractivity contribution in [1.82, 2.24) is 0 Å². The molecule has 0 aliphatic carbocycles. The van der Waals surface area contributed by atoms with Gasteiger partial charge in [-0.15, -0.1) is 0 Å². The van der Waals surface area contributed by atoms with Crippen LogP contribution in [-0.2, 0) is 0 Å². The maximum absolute atomic E-state index is 11.0. The van der Waals surface area contributed by atoms with Gasteiger partial charge in [0.05, 0.1) is 6.04 Å². The normalized spacial score (nSPS) is 18.5. The lowest BCUT2D eigenvalue weighted by Gasteiger charge is -2.07. The smallest absolute Gasteiger partial charge is 0.248 e. The van der Waals surface area contributed by atoms with Crippen molar-refractivity contribution in [1.29, 1.82) is 0 Å². The largest absolute Gasteiger partial charge is 0.366 e. The van der Waals surface area contributed by atoms with E-state index < -0.39 is 5.91 Å². The number of primary amides is 1. The Morgan fingerprint density at radius 3 is 2.74 bits per heavy atom. The van der Waals surface area contributed by atoms with Gasteiger partial charge in [0.1, 0.15) is 0 Å². The number of thioether (sulfide) groups is 1. The number of rotatable bonds is 4. The minimum absolute atomic E-state index is 0.406. The van der Waals surface area contributed by atoms with Crippen LogP contribution in [-0.4, -0.2) is 22.9 Å². The molecule has 19 heavy (non-hydrogen) atoms. The average Bonchev–Trinajstić information content (AvgIpc) is 2.76. The van der Waals surface area contributed by atoms with Gasteiger partial charge >= 0.3 is 0 Å². The third-order valence-corrected chi connectivity index (χ3v) is 3.91. The predicted octanol–water partition coefficient (Wildman–Crippen LogP) is 2.71. The second-order valence-corrected chi connectivity index (χ2v) is 6.10. The molecule has 0 spiro atoms. The van der Waals surface area contributed by atoms with Gasteiger partial charge in [0, 0.05) is 17.0 Å². The first kappa shape index (κ1) is 13.9. The zero-order valence-corrected chi connectivity index (χ0v) is 12.0. The van der Waals surface area contributed by atoms with E-state index in [1.165, 1.54) is 0 Å². The average molecular weight is 277 g/mol. The number of nitrogens with two attached hydrogens (primary N) is 1. The van der Waals surface area contributed by atoms with Crippen LogP contribution in [0.15, 0.2) is 29.3 Å². The molecule has 0 fully saturated rings. The highest BCUT2D eigenvalue weighted by atomic mass is 32.2. The number of nitrogens with zero attached hydrogens (tertiary/aromatic N) is 1. The van der Waals surface area contributed by atoms with Crippen molar-refractivity contribution in [3.8, 4) is 0 Å². The number of hydrogen-bond donors (Lipinski definition) is 2. The fourth-order valence-electron chi connectivity index (χ4n) is 1.99. The monoisotopic (exact) mass is 277 g/mol. The molecule has 4 nitrogen and oxygen atoms in total. The molecule has 1 aliphatic rings. The van der Waals surface area contributed by atoms with Crippen molar-refractivity contribution in [2.45, 2.75) is 26.3 Å². The Balaban J connectivity index is 1.96. The van der Waals surface area contributed by atoms with Gasteiger partial charge in [0.25, 0.3) is 0 Å². The standard InChI is InChI=1S/C14H19N3OS/c1-9(2)7-12-8-19-14(17-12)16-11-5-3-10(4-6-11)13(15)18/h3-6,9,12H,7-8H2,1-2H3,(H2,15,18)(H,16,17). The molecular formula is C14H19N3OS. The number of amidine groups is 1. The van der Waals surface area contributed by atoms with E-state index in [9.17, 15) is 4.79 Å². The van der Waals surface area contributed by atoms with Crippen LogP contribution in [0.2, 0.25) is 0 Å². The molecule has 0 saturated carbocycles. The lowest BCUT2D eigenvalue weighted by Crippen LogP contribution is -2.11. The summed E-state index contributed by atoms with van der Waals surface area (Å²) < 4.78 is 0. The van der Waals surface area contributed by atoms with Crippen molar-refractivity contribution < 1.29 is 4.79 Å². The summed E-state index contributed by atoms with van der Waals surface area (Å²) in [6, 6.07) is 7.54. The van der Waals surface area contributed by atoms with E-state index in [1.807, 2.05) is 12.1 Å². The Bertz CT molecular complexity index is 482. The minimum Gasteiger partial charge on any atom is -0.366 e. The van der Waals surface area contributed by atoms with Gasteiger partial charge in [-0.25, -0.2) is 0 Å². The molecule has 2 rings (SSSR count). The molecule has 1 aromatic rings. The van der Waals surface area contributed by atoms with Crippen LogP contribution in [0.3, 0.4) is 0 Å². The van der Waals surface area contributed by atoms with Crippen LogP contribution < -0.4 is 11.1 Å². The molecule has 102 valence electrons. The van der Waals surface area contributed by atoms with Crippen molar-refractivity contribution in [2.75, 3.05) is 11.1 Å². The Kier molecular flexibility index (Phi) is 4.47. The van der Waals surface area contributed by atoms with Gasteiger partial charge in [-0.3, -0.25) is 9.79 Å². The molecule has 0 saturated heterocycles. The predicted molar refractivity (Wildman–Crippen MR) is 81.7 cm³/mol. The van der Waals surface area contributed by atoms with E-state index in [0.29, 0.717) is 17.5 Å². The molecule has 3 N–H and O–H groups in total. The van der Waals surface area contributed by atoms with E-state index in [-0.39, 0.29) is 0 Å². The summed E-state index contributed by atoms with van der Waals surface area (Å²) in [7, 11) is 0. The van der Waals surface area contributed by atoms with Gasteiger partial charge in [0.2, 0.25) is 5.91 Å². The molecule has 5 heteroatoms. The van der Waals surface area contributed by atoms with Crippen LogP contribution in [0, 0.1) is 5.92 Å². The summed E-state index contributed by atoms with van der Waals surface area (Å²) in [6.07, 6.45) is 1.12. The number of benzene rings is 1. The van der Waals surface area contributed by atoms with Crippen molar-refractivity contribution in [3.05, 3.63) is 29.8 Å². The second kappa shape index (κ2) is 6.10. The summed E-state index contributed by atoms with van der Waals surface area (Å²) >= 11 is 1.75. The summed E-state index contributed by atoms with van der Waals surface area (Å²) in [5.41, 5.74) is 6.65. The van der Waals surface area contributed by atoms with Crippen LogP contribution >= 0.6 is 11.8 Å². The molecule has 0 radical (unpaired) electrons. The molecule has 1 aliphatic heterocycles. The number of carbonyl (C=O) groups excluding carboxylic acids is 1. The van der Waals surface area contributed by atoms with Gasteiger partial charge in [-0.1, -0.05) is 25.6 Å². The number of carbonyl (C=O) groups is 1. The zero-order chi connectivity index (χ0) is 13.8. The SMILES string of the molecule is CC(C)CC1CSC(Nc2ccc(C(N)=O)cc2)=N1. The first-order chi connectivity index (χ1) is 9.04. The van der Waals surface area contributed by atoms with Crippen LogP contribution in [0.25, 0.3) is 0 Å². The summed E-state index contributed by atoms with van der Waals surface area (Å²) in [4.78, 5) is 15.6. The second-order valence-electron chi connectivity index (χ2n) is 5.10. The molecular weight excluding hydrogens is 258 g/mol. The van der Waals surface area contributed by atoms with Gasteiger partial charge in [0.15, 0.2) is 5.17 Å². The van der Waals surface area contributed by atoms with Gasteiger partial charge < -0.3 is 11.1 Å². The fraction of sp³-hybridized carbons (Fsp3) is 0.429. The molecule has 1 aromatic carbocycles. The lowest BCUT2D eigenvalue weighted by atomic mass is 10.1. The Morgan fingerprint density at radius 2 is 2.16 bits per heavy atom. The number of aliphatic imine (C=N–C) groups is 1. The highest BCUT2D eigenvalue weighted by molar-refractivity contribution is 8.14. The Morgan fingerprint density at radius 1 is 1.47 bits per heavy atom. The number of nitrogens with one attached hydrogen (secondary N) is 1. The van der Waals surface area contributed by atoms with E-state index >= 15 is 0 Å². The van der Waals surface area contributed by atoms with E-state index in [2.05, 4.69) is 24.2 Å². The number of amides is 1. The van der Waals surface area contributed by atoms with Crippen molar-refractivity contribution in [3.63, 3.8) is 0 Å². The third-order valence-electron chi connectivity index (χ3n) is 2.88. The topological polar surface area (TPSA) is 67.5 Å². The summed E-state index contributed by atoms with van der Waals surface area (Å²) in [5, 5.41) is 4.23. The fourth-order valence-corrected chi connectivity index (χ4v) is 2.96. The first-order valence-electron chi connectivity index (χ1n) is 6.42. The molecule has 1 atom stereocenters. The highest BCUT2D eigenvalue weighted by Gasteiger charge is 2.19. The first-order valence-corrected chi connectivity index (χ1v) is 7.40. The van der Waals surface area contributed by atoms with Crippen LogP contribution in [0.4, 0.5) is 5.69 Å². The molecule has 1 heterocycles. The zero-order valence-electron chi connectivity index (χ0n) is 11.2. The lowest BCUT2D eigenvalue weighted by molar-refractivity contribution is 0.100. The van der Waals surface area contributed by atoms with Crippen molar-refractivity contribution >= 4 is 28.5 Å². The maximum atomic E-state index is 11.0. The number of anilines is 1. The van der Waals surface area contributed by atoms with E-state index in [1.54, 1.807) is 23.9 Å². The molecule has 1 amide bonds. The summed E-state index contributed by atoms with van der Waals surface area (Å²) in [6.45, 7) is 4.43. The molecule has 0 aromatic heterocycles. The van der Waals surface area contributed by atoms with Gasteiger partial charge in [-0.05, 0) is 36.6 Å². The molecule has 0 bridgehead atoms. The Hall–Kier alpha value is -1.49. The molecule has 1 unspecified atom stereocenters.